The fraction of sp³-hybridized carbons (Fsp3) is 0.579. The Balaban J connectivity index is 1.80. The van der Waals surface area contributed by atoms with Crippen molar-refractivity contribution in [1.82, 2.24) is 9.80 Å². The zero-order valence-corrected chi connectivity index (χ0v) is 17.0. The molecule has 0 unspecified atom stereocenters. The Morgan fingerprint density at radius 3 is 2.41 bits per heavy atom. The molecule has 0 atom stereocenters. The molecule has 2 rings (SSSR count). The molecule has 0 aromatic heterocycles. The Bertz CT molecular complexity index is 667. The molecule has 1 heterocycles. The molecule has 0 spiro atoms. The van der Waals surface area contributed by atoms with Gasteiger partial charge < -0.3 is 19.1 Å². The number of aldehydes is 1. The lowest BCUT2D eigenvalue weighted by atomic mass is 10.2. The normalized spacial score (nSPS) is 15.4. The summed E-state index contributed by atoms with van der Waals surface area (Å²) in [4.78, 5) is 27.0. The fourth-order valence-corrected chi connectivity index (χ4v) is 2.88. The number of hydrogen-bond acceptors (Lipinski definition) is 6. The Morgan fingerprint density at radius 2 is 1.85 bits per heavy atom. The van der Waals surface area contributed by atoms with Crippen LogP contribution in [0.25, 0.3) is 0 Å². The van der Waals surface area contributed by atoms with Crippen molar-refractivity contribution >= 4 is 24.0 Å². The maximum atomic E-state index is 12.1. The molecule has 1 aliphatic heterocycles. The topological polar surface area (TPSA) is 68.3 Å². The van der Waals surface area contributed by atoms with Crippen LogP contribution in [-0.2, 0) is 4.74 Å². The van der Waals surface area contributed by atoms with E-state index < -0.39 is 5.60 Å². The number of nitrogens with zero attached hydrogens (tertiary/aromatic N) is 2. The molecule has 0 radical (unpaired) electrons. The Labute approximate surface area is 165 Å². The molecular formula is C19H27ClN2O5. The Hall–Kier alpha value is -1.99. The van der Waals surface area contributed by atoms with Crippen LogP contribution in [0.1, 0.15) is 31.1 Å². The summed E-state index contributed by atoms with van der Waals surface area (Å²) in [7, 11) is 1.51. The minimum absolute atomic E-state index is 0.270. The smallest absolute Gasteiger partial charge is 0.410 e. The number of rotatable bonds is 6. The molecule has 1 saturated heterocycles. The average Bonchev–Trinajstić information content (AvgIpc) is 2.61. The third kappa shape index (κ3) is 6.29. The van der Waals surface area contributed by atoms with Gasteiger partial charge in [-0.2, -0.15) is 0 Å². The van der Waals surface area contributed by atoms with E-state index >= 15 is 0 Å². The van der Waals surface area contributed by atoms with E-state index in [-0.39, 0.29) is 6.09 Å². The molecular weight excluding hydrogens is 372 g/mol. The van der Waals surface area contributed by atoms with E-state index in [2.05, 4.69) is 4.90 Å². The number of carbonyl (C=O) groups is 2. The number of hydrogen-bond donors (Lipinski definition) is 0. The van der Waals surface area contributed by atoms with Crippen LogP contribution >= 0.6 is 11.6 Å². The summed E-state index contributed by atoms with van der Waals surface area (Å²) in [5.74, 6) is 0.969. The van der Waals surface area contributed by atoms with Crippen LogP contribution in [0.2, 0.25) is 5.02 Å². The van der Waals surface area contributed by atoms with E-state index in [4.69, 9.17) is 25.8 Å². The van der Waals surface area contributed by atoms with Crippen molar-refractivity contribution in [2.24, 2.45) is 0 Å². The highest BCUT2D eigenvalue weighted by Crippen LogP contribution is 2.32. The third-order valence-corrected chi connectivity index (χ3v) is 4.43. The summed E-state index contributed by atoms with van der Waals surface area (Å²) in [6.45, 7) is 9.49. The van der Waals surface area contributed by atoms with Crippen LogP contribution in [-0.4, -0.2) is 74.2 Å². The summed E-state index contributed by atoms with van der Waals surface area (Å²) in [5.41, 5.74) is -0.124. The second kappa shape index (κ2) is 9.28. The van der Waals surface area contributed by atoms with Crippen molar-refractivity contribution in [3.63, 3.8) is 0 Å². The van der Waals surface area contributed by atoms with Gasteiger partial charge in [0.15, 0.2) is 17.8 Å². The van der Waals surface area contributed by atoms with Gasteiger partial charge >= 0.3 is 6.09 Å². The van der Waals surface area contributed by atoms with Gasteiger partial charge in [-0.05, 0) is 26.8 Å². The maximum Gasteiger partial charge on any atom is 0.410 e. The highest BCUT2D eigenvalue weighted by Gasteiger charge is 2.25. The van der Waals surface area contributed by atoms with Gasteiger partial charge in [-0.1, -0.05) is 11.6 Å². The molecule has 0 saturated carbocycles. The lowest BCUT2D eigenvalue weighted by molar-refractivity contribution is 0.0136. The van der Waals surface area contributed by atoms with E-state index in [1.54, 1.807) is 17.0 Å². The molecule has 1 fully saturated rings. The number of methoxy groups -OCH3 is 1. The van der Waals surface area contributed by atoms with Crippen molar-refractivity contribution in [1.29, 1.82) is 0 Å². The lowest BCUT2D eigenvalue weighted by Gasteiger charge is -2.35. The first-order valence-corrected chi connectivity index (χ1v) is 9.27. The molecule has 1 aromatic rings. The van der Waals surface area contributed by atoms with Gasteiger partial charge in [0.05, 0.1) is 12.1 Å². The molecule has 1 aliphatic rings. The second-order valence-electron chi connectivity index (χ2n) is 7.30. The number of benzene rings is 1. The summed E-state index contributed by atoms with van der Waals surface area (Å²) in [6, 6.07) is 3.15. The Kier molecular flexibility index (Phi) is 7.33. The predicted octanol–water partition coefficient (Wildman–Crippen LogP) is 3.09. The van der Waals surface area contributed by atoms with Gasteiger partial charge in [0.2, 0.25) is 0 Å². The monoisotopic (exact) mass is 398 g/mol. The summed E-state index contributed by atoms with van der Waals surface area (Å²) >= 11 is 6.05. The number of amides is 1. The molecule has 27 heavy (non-hydrogen) atoms. The SMILES string of the molecule is COc1cc(C=O)c(Cl)cc1OCCN1CCN(C(=O)OC(C)(C)C)CC1. The van der Waals surface area contributed by atoms with Crippen molar-refractivity contribution in [3.8, 4) is 11.5 Å². The number of piperazine rings is 1. The predicted molar refractivity (Wildman–Crippen MR) is 103 cm³/mol. The maximum absolute atomic E-state index is 12.1. The zero-order valence-electron chi connectivity index (χ0n) is 16.3. The third-order valence-electron chi connectivity index (χ3n) is 4.10. The van der Waals surface area contributed by atoms with Crippen molar-refractivity contribution in [2.45, 2.75) is 26.4 Å². The zero-order chi connectivity index (χ0) is 20.0. The van der Waals surface area contributed by atoms with Crippen LogP contribution in [0.3, 0.4) is 0 Å². The van der Waals surface area contributed by atoms with Gasteiger partial charge in [0, 0.05) is 44.4 Å². The van der Waals surface area contributed by atoms with Gasteiger partial charge in [0.1, 0.15) is 12.2 Å². The van der Waals surface area contributed by atoms with Crippen LogP contribution in [0.4, 0.5) is 4.79 Å². The molecule has 150 valence electrons. The summed E-state index contributed by atoms with van der Waals surface area (Å²) < 4.78 is 16.4. The van der Waals surface area contributed by atoms with Crippen LogP contribution < -0.4 is 9.47 Å². The number of halogens is 1. The minimum Gasteiger partial charge on any atom is -0.493 e. The van der Waals surface area contributed by atoms with Gasteiger partial charge in [-0.25, -0.2) is 4.79 Å². The Morgan fingerprint density at radius 1 is 1.19 bits per heavy atom. The average molecular weight is 399 g/mol. The number of carbonyl (C=O) groups excluding carboxylic acids is 2. The lowest BCUT2D eigenvalue weighted by Crippen LogP contribution is -2.50. The van der Waals surface area contributed by atoms with Crippen molar-refractivity contribution < 1.29 is 23.8 Å². The van der Waals surface area contributed by atoms with Crippen LogP contribution in [0.15, 0.2) is 12.1 Å². The van der Waals surface area contributed by atoms with Crippen LogP contribution in [0.5, 0.6) is 11.5 Å². The van der Waals surface area contributed by atoms with Gasteiger partial charge in [-0.3, -0.25) is 9.69 Å². The first kappa shape index (κ1) is 21.3. The summed E-state index contributed by atoms with van der Waals surface area (Å²) in [6.07, 6.45) is 0.409. The molecule has 0 bridgehead atoms. The van der Waals surface area contributed by atoms with Crippen molar-refractivity contribution in [2.75, 3.05) is 46.4 Å². The van der Waals surface area contributed by atoms with E-state index in [9.17, 15) is 9.59 Å². The molecule has 1 aromatic carbocycles. The molecule has 0 aliphatic carbocycles. The molecule has 7 nitrogen and oxygen atoms in total. The van der Waals surface area contributed by atoms with Crippen LogP contribution in [0, 0.1) is 0 Å². The van der Waals surface area contributed by atoms with E-state index in [1.807, 2.05) is 20.8 Å². The van der Waals surface area contributed by atoms with E-state index in [0.717, 1.165) is 13.1 Å². The summed E-state index contributed by atoms with van der Waals surface area (Å²) in [5, 5.41) is 0.326. The van der Waals surface area contributed by atoms with E-state index in [0.29, 0.717) is 54.6 Å². The van der Waals surface area contributed by atoms with Gasteiger partial charge in [-0.15, -0.1) is 0 Å². The first-order valence-electron chi connectivity index (χ1n) is 8.89. The second-order valence-corrected chi connectivity index (χ2v) is 7.71. The standard InChI is InChI=1S/C19H27ClN2O5/c1-19(2,3)27-18(24)22-7-5-21(6-8-22)9-10-26-17-12-15(20)14(13-23)11-16(17)25-4/h11-13H,5-10H2,1-4H3. The highest BCUT2D eigenvalue weighted by atomic mass is 35.5. The van der Waals surface area contributed by atoms with Crippen molar-refractivity contribution in [3.05, 3.63) is 22.7 Å². The largest absolute Gasteiger partial charge is 0.493 e. The van der Waals surface area contributed by atoms with E-state index in [1.165, 1.54) is 7.11 Å². The molecule has 1 amide bonds. The first-order chi connectivity index (χ1) is 12.7. The van der Waals surface area contributed by atoms with Gasteiger partial charge in [0.25, 0.3) is 0 Å². The fourth-order valence-electron chi connectivity index (χ4n) is 2.68. The number of ether oxygens (including phenoxy) is 3. The highest BCUT2D eigenvalue weighted by molar-refractivity contribution is 6.33. The molecule has 0 N–H and O–H groups in total. The molecule has 8 heteroatoms. The quantitative estimate of drug-likeness (QED) is 0.686. The minimum atomic E-state index is -0.484.